The molecule has 21 heavy (non-hydrogen) atoms. The molecule has 1 unspecified atom stereocenters. The topological polar surface area (TPSA) is 88.0 Å². The van der Waals surface area contributed by atoms with Gasteiger partial charge in [0.25, 0.3) is 0 Å². The van der Waals surface area contributed by atoms with Gasteiger partial charge in [-0.3, -0.25) is 0 Å². The number of anilines is 1. The number of hydrogen-bond donors (Lipinski definition) is 2. The van der Waals surface area contributed by atoms with Crippen LogP contribution in [0, 0.1) is 6.92 Å². The summed E-state index contributed by atoms with van der Waals surface area (Å²) in [6, 6.07) is -0.102. The lowest BCUT2D eigenvalue weighted by atomic mass is 10.2. The average Bonchev–Trinajstić information content (AvgIpc) is 2.85. The highest BCUT2D eigenvalue weighted by molar-refractivity contribution is 7.09. The van der Waals surface area contributed by atoms with Gasteiger partial charge in [0, 0.05) is 17.0 Å². The normalized spacial score (nSPS) is 12.4. The van der Waals surface area contributed by atoms with Crippen LogP contribution in [0.15, 0.2) is 11.6 Å². The largest absolute Gasteiger partial charge is 0.476 e. The molecule has 0 aliphatic rings. The van der Waals surface area contributed by atoms with Crippen LogP contribution < -0.4 is 5.32 Å². The second-order valence-electron chi connectivity index (χ2n) is 5.14. The van der Waals surface area contributed by atoms with Gasteiger partial charge in [0.15, 0.2) is 5.69 Å². The molecule has 0 spiro atoms. The van der Waals surface area contributed by atoms with Gasteiger partial charge in [-0.2, -0.15) is 0 Å². The first-order valence-electron chi connectivity index (χ1n) is 6.67. The molecule has 0 aliphatic heterocycles. The van der Waals surface area contributed by atoms with Gasteiger partial charge in [-0.05, 0) is 13.8 Å². The third-order valence-corrected chi connectivity index (χ3v) is 4.05. The predicted molar refractivity (Wildman–Crippen MR) is 82.0 cm³/mol. The molecule has 7 heteroatoms. The number of hydrogen-bond acceptors (Lipinski definition) is 6. The van der Waals surface area contributed by atoms with Crippen LogP contribution >= 0.6 is 11.3 Å². The number of aromatic carboxylic acids is 1. The van der Waals surface area contributed by atoms with Crippen molar-refractivity contribution in [1.82, 2.24) is 15.0 Å². The number of carboxylic acid groups (broad SMARTS) is 1. The zero-order valence-corrected chi connectivity index (χ0v) is 13.2. The highest BCUT2D eigenvalue weighted by atomic mass is 32.1. The fourth-order valence-electron chi connectivity index (χ4n) is 1.81. The Morgan fingerprint density at radius 3 is 2.57 bits per heavy atom. The standard InChI is InChI=1S/C14H18N4O2S/c1-7(2)12-15-5-10(11(18-12)14(19)20)17-9(4)13-16-8(3)6-21-13/h5-7,9,17H,1-4H3,(H,19,20). The second-order valence-corrected chi connectivity index (χ2v) is 6.03. The lowest BCUT2D eigenvalue weighted by Gasteiger charge is -2.15. The molecular weight excluding hydrogens is 288 g/mol. The molecule has 2 heterocycles. The average molecular weight is 306 g/mol. The van der Waals surface area contributed by atoms with E-state index in [1.807, 2.05) is 33.1 Å². The highest BCUT2D eigenvalue weighted by Crippen LogP contribution is 2.24. The van der Waals surface area contributed by atoms with E-state index in [-0.39, 0.29) is 17.7 Å². The summed E-state index contributed by atoms with van der Waals surface area (Å²) in [5, 5.41) is 15.3. The summed E-state index contributed by atoms with van der Waals surface area (Å²) in [7, 11) is 0. The number of thiazole rings is 1. The Bertz CT molecular complexity index is 654. The summed E-state index contributed by atoms with van der Waals surface area (Å²) in [6.45, 7) is 7.71. The molecule has 2 aromatic heterocycles. The quantitative estimate of drug-likeness (QED) is 0.881. The van der Waals surface area contributed by atoms with Crippen LogP contribution in [0.3, 0.4) is 0 Å². The molecule has 2 aromatic rings. The molecule has 1 atom stereocenters. The first-order valence-corrected chi connectivity index (χ1v) is 7.55. The maximum absolute atomic E-state index is 11.4. The summed E-state index contributed by atoms with van der Waals surface area (Å²) < 4.78 is 0. The van der Waals surface area contributed by atoms with Gasteiger partial charge in [0.1, 0.15) is 10.8 Å². The monoisotopic (exact) mass is 306 g/mol. The number of aromatic nitrogens is 3. The van der Waals surface area contributed by atoms with Crippen LogP contribution in [-0.4, -0.2) is 26.0 Å². The third kappa shape index (κ3) is 3.55. The molecule has 6 nitrogen and oxygen atoms in total. The van der Waals surface area contributed by atoms with Crippen molar-refractivity contribution in [2.24, 2.45) is 0 Å². The van der Waals surface area contributed by atoms with Crippen molar-refractivity contribution in [3.8, 4) is 0 Å². The fraction of sp³-hybridized carbons (Fsp3) is 0.429. The van der Waals surface area contributed by atoms with E-state index in [1.54, 1.807) is 0 Å². The van der Waals surface area contributed by atoms with Crippen LogP contribution in [0.25, 0.3) is 0 Å². The number of carbonyl (C=O) groups is 1. The van der Waals surface area contributed by atoms with Gasteiger partial charge in [-0.25, -0.2) is 19.7 Å². The van der Waals surface area contributed by atoms with Gasteiger partial charge in [-0.1, -0.05) is 13.8 Å². The summed E-state index contributed by atoms with van der Waals surface area (Å²) in [5.41, 5.74) is 1.36. The van der Waals surface area contributed by atoms with E-state index >= 15 is 0 Å². The smallest absolute Gasteiger partial charge is 0.356 e. The Balaban J connectivity index is 2.28. The van der Waals surface area contributed by atoms with Crippen molar-refractivity contribution < 1.29 is 9.90 Å². The predicted octanol–water partition coefficient (Wildman–Crippen LogP) is 3.24. The molecule has 2 rings (SSSR count). The van der Waals surface area contributed by atoms with Crippen LogP contribution in [0.4, 0.5) is 5.69 Å². The summed E-state index contributed by atoms with van der Waals surface area (Å²) in [5.74, 6) is -0.462. The first kappa shape index (κ1) is 15.4. The third-order valence-electron chi connectivity index (χ3n) is 2.91. The van der Waals surface area contributed by atoms with Crippen molar-refractivity contribution >= 4 is 23.0 Å². The molecule has 0 amide bonds. The summed E-state index contributed by atoms with van der Waals surface area (Å²) in [6.07, 6.45) is 1.53. The number of nitrogens with one attached hydrogen (secondary N) is 1. The molecule has 112 valence electrons. The van der Waals surface area contributed by atoms with Crippen molar-refractivity contribution in [3.63, 3.8) is 0 Å². The van der Waals surface area contributed by atoms with Gasteiger partial charge >= 0.3 is 5.97 Å². The Morgan fingerprint density at radius 1 is 1.33 bits per heavy atom. The molecule has 2 N–H and O–H groups in total. The van der Waals surface area contributed by atoms with Crippen LogP contribution in [0.5, 0.6) is 0 Å². The number of rotatable bonds is 5. The number of carboxylic acids is 1. The Morgan fingerprint density at radius 2 is 2.05 bits per heavy atom. The van der Waals surface area contributed by atoms with E-state index in [0.717, 1.165) is 10.7 Å². The van der Waals surface area contributed by atoms with Crippen LogP contribution in [0.2, 0.25) is 0 Å². The second kappa shape index (κ2) is 6.17. The van der Waals surface area contributed by atoms with E-state index < -0.39 is 5.97 Å². The molecule has 0 saturated carbocycles. The van der Waals surface area contributed by atoms with E-state index in [2.05, 4.69) is 20.3 Å². The Hall–Kier alpha value is -2.02. The van der Waals surface area contributed by atoms with Gasteiger partial charge < -0.3 is 10.4 Å². The van der Waals surface area contributed by atoms with E-state index in [0.29, 0.717) is 11.5 Å². The highest BCUT2D eigenvalue weighted by Gasteiger charge is 2.18. The van der Waals surface area contributed by atoms with E-state index in [4.69, 9.17) is 0 Å². The Labute approximate surface area is 127 Å². The minimum absolute atomic E-state index is 0.00571. The van der Waals surface area contributed by atoms with Crippen molar-refractivity contribution in [2.45, 2.75) is 39.7 Å². The number of nitrogens with zero attached hydrogens (tertiary/aromatic N) is 3. The fourth-order valence-corrected chi connectivity index (χ4v) is 2.61. The summed E-state index contributed by atoms with van der Waals surface area (Å²) >= 11 is 1.54. The van der Waals surface area contributed by atoms with E-state index in [9.17, 15) is 9.90 Å². The molecule has 0 fully saturated rings. The zero-order chi connectivity index (χ0) is 15.6. The van der Waals surface area contributed by atoms with Crippen molar-refractivity contribution in [3.05, 3.63) is 33.8 Å². The van der Waals surface area contributed by atoms with Crippen LogP contribution in [-0.2, 0) is 0 Å². The first-order chi connectivity index (χ1) is 9.88. The van der Waals surface area contributed by atoms with Gasteiger partial charge in [0.2, 0.25) is 0 Å². The van der Waals surface area contributed by atoms with Gasteiger partial charge in [0.05, 0.1) is 17.9 Å². The molecule has 0 aromatic carbocycles. The maximum Gasteiger partial charge on any atom is 0.356 e. The van der Waals surface area contributed by atoms with E-state index in [1.165, 1.54) is 17.5 Å². The molecular formula is C14H18N4O2S. The maximum atomic E-state index is 11.4. The lowest BCUT2D eigenvalue weighted by molar-refractivity contribution is 0.0691. The number of aryl methyl sites for hydroxylation is 1. The molecule has 0 saturated heterocycles. The Kier molecular flexibility index (Phi) is 4.52. The molecule has 0 aliphatic carbocycles. The lowest BCUT2D eigenvalue weighted by Crippen LogP contribution is -2.14. The minimum atomic E-state index is -1.07. The van der Waals surface area contributed by atoms with Crippen molar-refractivity contribution in [1.29, 1.82) is 0 Å². The SMILES string of the molecule is Cc1csc(C(C)Nc2cnc(C(C)C)nc2C(=O)O)n1. The van der Waals surface area contributed by atoms with Crippen LogP contribution in [0.1, 0.15) is 59.7 Å². The zero-order valence-electron chi connectivity index (χ0n) is 12.4. The van der Waals surface area contributed by atoms with Crippen molar-refractivity contribution in [2.75, 3.05) is 5.32 Å². The summed E-state index contributed by atoms with van der Waals surface area (Å²) in [4.78, 5) is 24.1. The molecule has 0 radical (unpaired) electrons. The van der Waals surface area contributed by atoms with Gasteiger partial charge in [-0.15, -0.1) is 11.3 Å². The molecule has 0 bridgehead atoms. The minimum Gasteiger partial charge on any atom is -0.476 e.